The van der Waals surface area contributed by atoms with Gasteiger partial charge in [0.25, 0.3) is 5.91 Å². The van der Waals surface area contributed by atoms with Crippen LogP contribution in [0.1, 0.15) is 52.5 Å². The number of aromatic nitrogens is 3. The first-order valence-corrected chi connectivity index (χ1v) is 10.5. The molecule has 0 spiro atoms. The van der Waals surface area contributed by atoms with E-state index in [-0.39, 0.29) is 11.7 Å². The lowest BCUT2D eigenvalue weighted by atomic mass is 10.2. The smallest absolute Gasteiger partial charge is 0.276 e. The molecule has 1 aliphatic heterocycles. The molecule has 1 atom stereocenters. The largest absolute Gasteiger partial charge is 0.447 e. The Labute approximate surface area is 150 Å². The first-order chi connectivity index (χ1) is 12.3. The van der Waals surface area contributed by atoms with Gasteiger partial charge >= 0.3 is 0 Å². The van der Waals surface area contributed by atoms with Crippen molar-refractivity contribution in [2.45, 2.75) is 38.0 Å². The maximum absolute atomic E-state index is 12.8. The molecule has 1 saturated carbocycles. The van der Waals surface area contributed by atoms with Gasteiger partial charge in [-0.2, -0.15) is 5.10 Å². The van der Waals surface area contributed by atoms with Crippen LogP contribution >= 0.6 is 0 Å². The van der Waals surface area contributed by atoms with Gasteiger partial charge < -0.3 is 14.4 Å². The second-order valence-electron chi connectivity index (χ2n) is 6.96. The van der Waals surface area contributed by atoms with Crippen LogP contribution in [0.4, 0.5) is 0 Å². The number of oxazole rings is 1. The summed E-state index contributed by atoms with van der Waals surface area (Å²) < 4.78 is 29.8. The lowest BCUT2D eigenvalue weighted by Gasteiger charge is -2.27. The van der Waals surface area contributed by atoms with Gasteiger partial charge in [-0.3, -0.25) is 9.48 Å². The number of aliphatic hydroxyl groups excluding tert-OH is 1. The summed E-state index contributed by atoms with van der Waals surface area (Å²) >= 11 is 0. The second-order valence-corrected chi connectivity index (χ2v) is 9.14. The van der Waals surface area contributed by atoms with Gasteiger partial charge in [0.1, 0.15) is 21.7 Å². The van der Waals surface area contributed by atoms with Gasteiger partial charge in [-0.05, 0) is 18.9 Å². The van der Waals surface area contributed by atoms with Crippen LogP contribution < -0.4 is 0 Å². The Morgan fingerprint density at radius 3 is 2.88 bits per heavy atom. The van der Waals surface area contributed by atoms with Crippen molar-refractivity contribution in [1.82, 2.24) is 19.7 Å². The number of hydrogen-bond donors (Lipinski definition) is 1. The van der Waals surface area contributed by atoms with E-state index in [9.17, 15) is 18.3 Å². The maximum Gasteiger partial charge on any atom is 0.276 e. The molecule has 2 aromatic heterocycles. The van der Waals surface area contributed by atoms with Crippen molar-refractivity contribution in [3.05, 3.63) is 35.3 Å². The summed E-state index contributed by atoms with van der Waals surface area (Å²) in [5.41, 5.74) is 1.43. The number of hydrogen-bond acceptors (Lipinski definition) is 7. The summed E-state index contributed by atoms with van der Waals surface area (Å²) in [6.07, 6.45) is 3.24. The van der Waals surface area contributed by atoms with Crippen LogP contribution in [-0.4, -0.2) is 57.6 Å². The van der Waals surface area contributed by atoms with E-state index in [2.05, 4.69) is 10.1 Å². The van der Waals surface area contributed by atoms with Crippen LogP contribution in [0.3, 0.4) is 0 Å². The van der Waals surface area contributed by atoms with Gasteiger partial charge in [0.15, 0.2) is 12.1 Å². The summed E-state index contributed by atoms with van der Waals surface area (Å²) in [5, 5.41) is 14.4. The fraction of sp³-hybridized carbons (Fsp3) is 0.562. The minimum absolute atomic E-state index is 0.175. The van der Waals surface area contributed by atoms with Crippen LogP contribution in [-0.2, 0) is 22.9 Å². The Bertz CT molecular complexity index is 944. The van der Waals surface area contributed by atoms with E-state index in [1.165, 1.54) is 6.39 Å². The number of aliphatic hydroxyl groups is 1. The Morgan fingerprint density at radius 1 is 1.42 bits per heavy atom. The van der Waals surface area contributed by atoms with Crippen LogP contribution in [0.5, 0.6) is 0 Å². The molecule has 4 rings (SSSR count). The second kappa shape index (κ2) is 6.20. The highest BCUT2D eigenvalue weighted by Gasteiger charge is 2.35. The van der Waals surface area contributed by atoms with Crippen molar-refractivity contribution in [3.63, 3.8) is 0 Å². The molecule has 0 aromatic carbocycles. The highest BCUT2D eigenvalue weighted by atomic mass is 32.2. The van der Waals surface area contributed by atoms with E-state index in [4.69, 9.17) is 4.42 Å². The number of fused-ring (bicyclic) bond motifs is 1. The van der Waals surface area contributed by atoms with E-state index < -0.39 is 15.9 Å². The molecular formula is C16H20N4O5S. The molecular weight excluding hydrogens is 360 g/mol. The van der Waals surface area contributed by atoms with Crippen LogP contribution in [0.2, 0.25) is 0 Å². The number of rotatable bonds is 5. The molecule has 140 valence electrons. The molecule has 0 radical (unpaired) electrons. The van der Waals surface area contributed by atoms with Crippen molar-refractivity contribution in [2.24, 2.45) is 0 Å². The maximum atomic E-state index is 12.8. The first kappa shape index (κ1) is 17.2. The van der Waals surface area contributed by atoms with E-state index in [0.717, 1.165) is 24.8 Å². The summed E-state index contributed by atoms with van der Waals surface area (Å²) in [6, 6.07) is 1.65. The third-order valence-electron chi connectivity index (χ3n) is 4.65. The van der Waals surface area contributed by atoms with Crippen LogP contribution in [0.15, 0.2) is 16.9 Å². The molecule has 0 bridgehead atoms. The van der Waals surface area contributed by atoms with E-state index in [1.807, 2.05) is 0 Å². The van der Waals surface area contributed by atoms with Gasteiger partial charge in [0.2, 0.25) is 0 Å². The summed E-state index contributed by atoms with van der Waals surface area (Å²) in [6.45, 7) is 1.27. The predicted octanol–water partition coefficient (Wildman–Crippen LogP) is 0.482. The molecule has 0 unspecified atom stereocenters. The quantitative estimate of drug-likeness (QED) is 0.801. The highest BCUT2D eigenvalue weighted by Crippen LogP contribution is 2.41. The van der Waals surface area contributed by atoms with Crippen molar-refractivity contribution < 1.29 is 22.7 Å². The molecule has 26 heavy (non-hydrogen) atoms. The third-order valence-corrected chi connectivity index (χ3v) is 5.57. The number of sulfone groups is 1. The van der Waals surface area contributed by atoms with Crippen molar-refractivity contribution >= 4 is 15.7 Å². The zero-order valence-electron chi connectivity index (χ0n) is 14.3. The number of nitrogens with zero attached hydrogens (tertiary/aromatic N) is 4. The number of carbonyl (C=O) groups excluding carboxylic acids is 1. The predicted molar refractivity (Wildman–Crippen MR) is 90.1 cm³/mol. The van der Waals surface area contributed by atoms with E-state index in [1.54, 1.807) is 15.6 Å². The normalized spacial score (nSPS) is 18.6. The Morgan fingerprint density at radius 2 is 2.19 bits per heavy atom. The summed E-state index contributed by atoms with van der Waals surface area (Å²) in [5.74, 6) is 0.407. The zero-order valence-corrected chi connectivity index (χ0v) is 15.1. The number of amides is 1. The molecule has 0 saturated heterocycles. The first-order valence-electron chi connectivity index (χ1n) is 8.47. The van der Waals surface area contributed by atoms with E-state index >= 15 is 0 Å². The minimum Gasteiger partial charge on any atom is -0.447 e. The average Bonchev–Trinajstić information content (AvgIpc) is 3.14. The molecule has 1 N–H and O–H groups in total. The molecule has 3 heterocycles. The molecule has 1 fully saturated rings. The zero-order chi connectivity index (χ0) is 18.5. The van der Waals surface area contributed by atoms with E-state index in [0.29, 0.717) is 42.7 Å². The summed E-state index contributed by atoms with van der Waals surface area (Å²) in [4.78, 5) is 18.6. The Hall–Kier alpha value is -2.20. The lowest BCUT2D eigenvalue weighted by molar-refractivity contribution is 0.0698. The molecule has 1 aliphatic carbocycles. The van der Waals surface area contributed by atoms with Gasteiger partial charge in [0.05, 0.1) is 30.2 Å². The Balaban J connectivity index is 1.51. The highest BCUT2D eigenvalue weighted by molar-refractivity contribution is 7.90. The van der Waals surface area contributed by atoms with Crippen molar-refractivity contribution in [2.75, 3.05) is 18.6 Å². The molecule has 2 aliphatic rings. The van der Waals surface area contributed by atoms with Gasteiger partial charge in [-0.25, -0.2) is 13.4 Å². The van der Waals surface area contributed by atoms with Crippen molar-refractivity contribution in [1.29, 1.82) is 0 Å². The van der Waals surface area contributed by atoms with Crippen LogP contribution in [0.25, 0.3) is 0 Å². The minimum atomic E-state index is -3.32. The van der Waals surface area contributed by atoms with Gasteiger partial charge in [-0.1, -0.05) is 0 Å². The molecule has 10 heteroatoms. The lowest BCUT2D eigenvalue weighted by Crippen LogP contribution is -2.38. The fourth-order valence-corrected chi connectivity index (χ4v) is 3.94. The number of carbonyl (C=O) groups is 1. The van der Waals surface area contributed by atoms with Crippen molar-refractivity contribution in [3.8, 4) is 0 Å². The molecule has 9 nitrogen and oxygen atoms in total. The Kier molecular flexibility index (Phi) is 4.11. The average molecular weight is 380 g/mol. The van der Waals surface area contributed by atoms with Gasteiger partial charge in [-0.15, -0.1) is 0 Å². The third kappa shape index (κ3) is 3.38. The standard InChI is InChI=1S/C16H20N4O5S/c1-26(23,24)8-13(21)12-6-11-7-19(4-5-20(11)18-12)16(22)14-15(10-2-3-10)25-9-17-14/h6,9-10,13,21H,2-5,7-8H2,1H3/t13-/m0/s1. The monoisotopic (exact) mass is 380 g/mol. The van der Waals surface area contributed by atoms with Gasteiger partial charge in [0, 0.05) is 18.7 Å². The summed E-state index contributed by atoms with van der Waals surface area (Å²) in [7, 11) is -3.32. The van der Waals surface area contributed by atoms with Crippen LogP contribution in [0, 0.1) is 0 Å². The topological polar surface area (TPSA) is 119 Å². The molecule has 2 aromatic rings. The molecule has 1 amide bonds. The fourth-order valence-electron chi connectivity index (χ4n) is 3.20. The SMILES string of the molecule is CS(=O)(=O)C[C@H](O)c1cc2n(n1)CCN(C(=O)c1ncoc1C1CC1)C2.